The highest BCUT2D eigenvalue weighted by Crippen LogP contribution is 2.17. The first-order valence-corrected chi connectivity index (χ1v) is 7.16. The van der Waals surface area contributed by atoms with E-state index in [2.05, 4.69) is 15.6 Å². The highest BCUT2D eigenvalue weighted by Gasteiger charge is 2.07. The zero-order chi connectivity index (χ0) is 14.5. The fourth-order valence-electron chi connectivity index (χ4n) is 1.72. The molecule has 0 aliphatic heterocycles. The highest BCUT2D eigenvalue weighted by atomic mass is 32.1. The van der Waals surface area contributed by atoms with Crippen LogP contribution in [0.2, 0.25) is 0 Å². The zero-order valence-electron chi connectivity index (χ0n) is 11.8. The van der Waals surface area contributed by atoms with E-state index in [0.717, 1.165) is 22.2 Å². The summed E-state index contributed by atoms with van der Waals surface area (Å²) in [6, 6.07) is 7.73. The number of rotatable bonds is 5. The summed E-state index contributed by atoms with van der Waals surface area (Å²) in [5, 5.41) is 8.54. The number of carbonyl (C=O) groups excluding carboxylic acids is 1. The second-order valence-electron chi connectivity index (χ2n) is 4.56. The van der Waals surface area contributed by atoms with Crippen LogP contribution in [-0.4, -0.2) is 32.0 Å². The Bertz CT molecular complexity index is 577. The largest absolute Gasteiger partial charge is 0.378 e. The Hall–Kier alpha value is -2.08. The molecule has 2 N–H and O–H groups in total. The van der Waals surface area contributed by atoms with Crippen molar-refractivity contribution in [1.29, 1.82) is 0 Å². The summed E-state index contributed by atoms with van der Waals surface area (Å²) >= 11 is 1.50. The van der Waals surface area contributed by atoms with Gasteiger partial charge in [0.05, 0.1) is 12.1 Å². The van der Waals surface area contributed by atoms with E-state index in [0.29, 0.717) is 0 Å². The Kier molecular flexibility index (Phi) is 4.57. The Labute approximate surface area is 122 Å². The van der Waals surface area contributed by atoms with Gasteiger partial charge in [-0.05, 0) is 24.3 Å². The van der Waals surface area contributed by atoms with Gasteiger partial charge in [-0.1, -0.05) is 0 Å². The van der Waals surface area contributed by atoms with Gasteiger partial charge in [-0.25, -0.2) is 4.98 Å². The highest BCUT2D eigenvalue weighted by molar-refractivity contribution is 7.13. The van der Waals surface area contributed by atoms with E-state index in [4.69, 9.17) is 0 Å². The van der Waals surface area contributed by atoms with Crippen molar-refractivity contribution in [3.05, 3.63) is 35.3 Å². The van der Waals surface area contributed by atoms with E-state index in [9.17, 15) is 4.79 Å². The molecule has 0 aliphatic rings. The molecule has 1 heterocycles. The smallest absolute Gasteiger partial charge is 0.230 e. The van der Waals surface area contributed by atoms with E-state index in [-0.39, 0.29) is 12.3 Å². The lowest BCUT2D eigenvalue weighted by Gasteiger charge is -2.12. The van der Waals surface area contributed by atoms with Crippen molar-refractivity contribution in [2.24, 2.45) is 0 Å². The summed E-state index contributed by atoms with van der Waals surface area (Å²) in [7, 11) is 5.78. The van der Waals surface area contributed by atoms with Crippen molar-refractivity contribution in [3.8, 4) is 0 Å². The second-order valence-corrected chi connectivity index (χ2v) is 5.42. The maximum Gasteiger partial charge on any atom is 0.230 e. The summed E-state index contributed by atoms with van der Waals surface area (Å²) in [5.41, 5.74) is 2.67. The maximum atomic E-state index is 11.9. The van der Waals surface area contributed by atoms with Gasteiger partial charge in [0, 0.05) is 37.9 Å². The first-order valence-electron chi connectivity index (χ1n) is 6.28. The van der Waals surface area contributed by atoms with Gasteiger partial charge in [-0.15, -0.1) is 11.3 Å². The molecule has 0 aliphatic carbocycles. The minimum atomic E-state index is -0.0597. The normalized spacial score (nSPS) is 10.2. The van der Waals surface area contributed by atoms with Crippen LogP contribution in [-0.2, 0) is 11.2 Å². The van der Waals surface area contributed by atoms with Crippen LogP contribution < -0.4 is 15.5 Å². The van der Waals surface area contributed by atoms with Gasteiger partial charge in [0.15, 0.2) is 5.13 Å². The number of amides is 1. The minimum absolute atomic E-state index is 0.0597. The number of hydrogen-bond acceptors (Lipinski definition) is 5. The van der Waals surface area contributed by atoms with Gasteiger partial charge < -0.3 is 15.5 Å². The summed E-state index contributed by atoms with van der Waals surface area (Å²) in [6.07, 6.45) is 0.285. The van der Waals surface area contributed by atoms with Crippen molar-refractivity contribution in [2.75, 3.05) is 36.7 Å². The molecule has 0 unspecified atom stereocenters. The van der Waals surface area contributed by atoms with E-state index in [1.807, 2.05) is 55.7 Å². The monoisotopic (exact) mass is 290 g/mol. The number of benzene rings is 1. The number of aromatic nitrogens is 1. The molecule has 0 atom stereocenters. The van der Waals surface area contributed by atoms with Gasteiger partial charge in [0.2, 0.25) is 5.91 Å². The molecule has 1 aromatic heterocycles. The molecule has 0 saturated carbocycles. The van der Waals surface area contributed by atoms with E-state index < -0.39 is 0 Å². The van der Waals surface area contributed by atoms with Gasteiger partial charge in [-0.3, -0.25) is 4.79 Å². The third-order valence-electron chi connectivity index (χ3n) is 2.77. The molecular formula is C14H18N4OS. The molecule has 1 aromatic carbocycles. The van der Waals surface area contributed by atoms with Crippen LogP contribution in [0.4, 0.5) is 16.5 Å². The number of hydrogen-bond donors (Lipinski definition) is 2. The molecule has 0 spiro atoms. The minimum Gasteiger partial charge on any atom is -0.378 e. The maximum absolute atomic E-state index is 11.9. The summed E-state index contributed by atoms with van der Waals surface area (Å²) in [6.45, 7) is 0. The topological polar surface area (TPSA) is 57.3 Å². The molecule has 5 nitrogen and oxygen atoms in total. The predicted octanol–water partition coefficient (Wildman–Crippen LogP) is 2.43. The molecular weight excluding hydrogens is 272 g/mol. The Morgan fingerprint density at radius 3 is 2.55 bits per heavy atom. The molecule has 20 heavy (non-hydrogen) atoms. The van der Waals surface area contributed by atoms with Gasteiger partial charge in [0.25, 0.3) is 0 Å². The summed E-state index contributed by atoms with van der Waals surface area (Å²) in [4.78, 5) is 18.2. The Morgan fingerprint density at radius 1 is 1.30 bits per heavy atom. The predicted molar refractivity (Wildman–Crippen MR) is 84.8 cm³/mol. The van der Waals surface area contributed by atoms with Crippen LogP contribution in [0.25, 0.3) is 0 Å². The SMILES string of the molecule is CNc1nc(CC(=O)Nc2ccc(N(C)C)cc2)cs1. The quantitative estimate of drug-likeness (QED) is 0.888. The molecule has 2 aromatic rings. The van der Waals surface area contributed by atoms with Gasteiger partial charge in [0.1, 0.15) is 0 Å². The van der Waals surface area contributed by atoms with Crippen molar-refractivity contribution in [1.82, 2.24) is 4.98 Å². The standard InChI is InChI=1S/C14H18N4OS/c1-15-14-17-11(9-20-14)8-13(19)16-10-4-6-12(7-5-10)18(2)3/h4-7,9H,8H2,1-3H3,(H,15,17)(H,16,19). The van der Waals surface area contributed by atoms with Crippen LogP contribution in [0, 0.1) is 0 Å². The molecule has 1 amide bonds. The number of anilines is 3. The fourth-order valence-corrected chi connectivity index (χ4v) is 2.39. The summed E-state index contributed by atoms with van der Waals surface area (Å²) in [5.74, 6) is -0.0597. The molecule has 106 valence electrons. The van der Waals surface area contributed by atoms with E-state index in [1.54, 1.807) is 0 Å². The molecule has 0 fully saturated rings. The first-order chi connectivity index (χ1) is 9.58. The van der Waals surface area contributed by atoms with Crippen LogP contribution in [0.1, 0.15) is 5.69 Å². The molecule has 0 bridgehead atoms. The van der Waals surface area contributed by atoms with Crippen molar-refractivity contribution in [2.45, 2.75) is 6.42 Å². The van der Waals surface area contributed by atoms with Crippen molar-refractivity contribution in [3.63, 3.8) is 0 Å². The first kappa shape index (κ1) is 14.3. The van der Waals surface area contributed by atoms with Gasteiger partial charge >= 0.3 is 0 Å². The molecule has 2 rings (SSSR count). The summed E-state index contributed by atoms with van der Waals surface area (Å²) < 4.78 is 0. The lowest BCUT2D eigenvalue weighted by molar-refractivity contribution is -0.115. The van der Waals surface area contributed by atoms with Crippen LogP contribution in [0.3, 0.4) is 0 Å². The van der Waals surface area contributed by atoms with Crippen LogP contribution >= 0.6 is 11.3 Å². The third kappa shape index (κ3) is 3.71. The number of carbonyl (C=O) groups is 1. The van der Waals surface area contributed by atoms with Crippen LogP contribution in [0.15, 0.2) is 29.6 Å². The average molecular weight is 290 g/mol. The lowest BCUT2D eigenvalue weighted by Crippen LogP contribution is -2.15. The molecule has 0 saturated heterocycles. The molecule has 6 heteroatoms. The van der Waals surface area contributed by atoms with Crippen molar-refractivity contribution < 1.29 is 4.79 Å². The van der Waals surface area contributed by atoms with E-state index in [1.165, 1.54) is 11.3 Å². The fraction of sp³-hybridized carbons (Fsp3) is 0.286. The Balaban J connectivity index is 1.93. The number of nitrogens with one attached hydrogen (secondary N) is 2. The van der Waals surface area contributed by atoms with E-state index >= 15 is 0 Å². The zero-order valence-corrected chi connectivity index (χ0v) is 12.6. The average Bonchev–Trinajstić information content (AvgIpc) is 2.86. The van der Waals surface area contributed by atoms with Crippen molar-refractivity contribution >= 4 is 33.8 Å². The molecule has 0 radical (unpaired) electrons. The van der Waals surface area contributed by atoms with Gasteiger partial charge in [-0.2, -0.15) is 0 Å². The second kappa shape index (κ2) is 6.38. The number of thiazole rings is 1. The third-order valence-corrected chi connectivity index (χ3v) is 3.68. The van der Waals surface area contributed by atoms with Crippen LogP contribution in [0.5, 0.6) is 0 Å². The lowest BCUT2D eigenvalue weighted by atomic mass is 10.2. The number of nitrogens with zero attached hydrogens (tertiary/aromatic N) is 2. The Morgan fingerprint density at radius 2 is 2.00 bits per heavy atom.